The molecule has 0 radical (unpaired) electrons. The molecule has 0 aromatic carbocycles. The van der Waals surface area contributed by atoms with Gasteiger partial charge in [0.05, 0.1) is 0 Å². The normalized spacial score (nSPS) is 23.7. The Balaban J connectivity index is 1.95. The molecule has 1 aliphatic carbocycles. The van der Waals surface area contributed by atoms with E-state index in [1.54, 1.807) is 0 Å². The molecule has 4 heteroatoms. The summed E-state index contributed by atoms with van der Waals surface area (Å²) in [6.45, 7) is 5.39. The molecule has 0 amide bonds. The average molecular weight is 248 g/mol. The van der Waals surface area contributed by atoms with E-state index in [-0.39, 0.29) is 0 Å². The Bertz CT molecular complexity index is 367. The molecule has 4 nitrogen and oxygen atoms in total. The van der Waals surface area contributed by atoms with Gasteiger partial charge in [0.25, 0.3) is 0 Å². The lowest BCUT2D eigenvalue weighted by molar-refractivity contribution is 0.349. The molecule has 0 aliphatic heterocycles. The lowest BCUT2D eigenvalue weighted by atomic mass is 9.86. The molecule has 1 fully saturated rings. The SMILES string of the molecule is CCCNc1nccc(NC2CCCCC2C)n1. The first kappa shape index (κ1) is 13.1. The number of rotatable bonds is 5. The van der Waals surface area contributed by atoms with Crippen LogP contribution in [0.4, 0.5) is 11.8 Å². The van der Waals surface area contributed by atoms with E-state index in [0.29, 0.717) is 6.04 Å². The zero-order valence-corrected chi connectivity index (χ0v) is 11.4. The van der Waals surface area contributed by atoms with Crippen molar-refractivity contribution in [2.45, 2.75) is 52.0 Å². The Morgan fingerprint density at radius 1 is 1.33 bits per heavy atom. The Hall–Kier alpha value is -1.32. The monoisotopic (exact) mass is 248 g/mol. The molecule has 0 bridgehead atoms. The third-order valence-corrected chi connectivity index (χ3v) is 3.63. The maximum atomic E-state index is 4.51. The van der Waals surface area contributed by atoms with Crippen LogP contribution in [-0.4, -0.2) is 22.6 Å². The second-order valence-electron chi connectivity index (χ2n) is 5.20. The molecular formula is C14H24N4. The van der Waals surface area contributed by atoms with E-state index in [2.05, 4.69) is 34.4 Å². The van der Waals surface area contributed by atoms with E-state index < -0.39 is 0 Å². The van der Waals surface area contributed by atoms with Gasteiger partial charge in [-0.1, -0.05) is 26.7 Å². The summed E-state index contributed by atoms with van der Waals surface area (Å²) in [5.41, 5.74) is 0. The van der Waals surface area contributed by atoms with E-state index in [4.69, 9.17) is 0 Å². The molecule has 2 unspecified atom stereocenters. The topological polar surface area (TPSA) is 49.8 Å². The molecule has 1 aromatic rings. The van der Waals surface area contributed by atoms with Crippen LogP contribution in [0.3, 0.4) is 0 Å². The van der Waals surface area contributed by atoms with Crippen molar-refractivity contribution in [3.8, 4) is 0 Å². The highest BCUT2D eigenvalue weighted by atomic mass is 15.1. The van der Waals surface area contributed by atoms with E-state index >= 15 is 0 Å². The minimum Gasteiger partial charge on any atom is -0.367 e. The predicted molar refractivity (Wildman–Crippen MR) is 75.9 cm³/mol. The van der Waals surface area contributed by atoms with Crippen molar-refractivity contribution >= 4 is 11.8 Å². The van der Waals surface area contributed by atoms with Crippen LogP contribution in [0.15, 0.2) is 12.3 Å². The summed E-state index contributed by atoms with van der Waals surface area (Å²) in [6, 6.07) is 2.52. The number of hydrogen-bond acceptors (Lipinski definition) is 4. The van der Waals surface area contributed by atoms with Gasteiger partial charge in [-0.2, -0.15) is 4.98 Å². The van der Waals surface area contributed by atoms with Crippen LogP contribution in [0.5, 0.6) is 0 Å². The molecule has 18 heavy (non-hydrogen) atoms. The van der Waals surface area contributed by atoms with Crippen LogP contribution < -0.4 is 10.6 Å². The van der Waals surface area contributed by atoms with Crippen molar-refractivity contribution in [2.75, 3.05) is 17.2 Å². The predicted octanol–water partition coefficient (Wildman–Crippen LogP) is 3.29. The summed E-state index contributed by atoms with van der Waals surface area (Å²) in [7, 11) is 0. The minimum absolute atomic E-state index is 0.563. The van der Waals surface area contributed by atoms with Crippen molar-refractivity contribution < 1.29 is 0 Å². The maximum absolute atomic E-state index is 4.51. The van der Waals surface area contributed by atoms with Crippen LogP contribution in [0.2, 0.25) is 0 Å². The van der Waals surface area contributed by atoms with Crippen molar-refractivity contribution in [1.82, 2.24) is 9.97 Å². The second-order valence-corrected chi connectivity index (χ2v) is 5.20. The Morgan fingerprint density at radius 2 is 2.17 bits per heavy atom. The zero-order chi connectivity index (χ0) is 12.8. The van der Waals surface area contributed by atoms with Crippen LogP contribution in [0, 0.1) is 5.92 Å². The molecule has 1 saturated carbocycles. The summed E-state index contributed by atoms with van der Waals surface area (Å²) in [5.74, 6) is 2.41. The Labute approximate surface area is 110 Å². The first-order chi connectivity index (χ1) is 8.79. The molecule has 0 saturated heterocycles. The van der Waals surface area contributed by atoms with E-state index in [9.17, 15) is 0 Å². The molecular weight excluding hydrogens is 224 g/mol. The smallest absolute Gasteiger partial charge is 0.224 e. The van der Waals surface area contributed by atoms with Crippen molar-refractivity contribution in [3.05, 3.63) is 12.3 Å². The molecule has 2 N–H and O–H groups in total. The summed E-state index contributed by atoms with van der Waals surface area (Å²) in [5, 5.41) is 6.78. The molecule has 100 valence electrons. The van der Waals surface area contributed by atoms with E-state index in [0.717, 1.165) is 30.6 Å². The average Bonchev–Trinajstić information content (AvgIpc) is 2.40. The van der Waals surface area contributed by atoms with Gasteiger partial charge in [-0.25, -0.2) is 4.98 Å². The summed E-state index contributed by atoms with van der Waals surface area (Å²) in [6.07, 6.45) is 8.18. The van der Waals surface area contributed by atoms with Crippen LogP contribution >= 0.6 is 0 Å². The van der Waals surface area contributed by atoms with Gasteiger partial charge in [-0.05, 0) is 31.2 Å². The van der Waals surface area contributed by atoms with Crippen molar-refractivity contribution in [3.63, 3.8) is 0 Å². The van der Waals surface area contributed by atoms with E-state index in [1.165, 1.54) is 25.7 Å². The lowest BCUT2D eigenvalue weighted by Gasteiger charge is -2.29. The van der Waals surface area contributed by atoms with Gasteiger partial charge in [0.2, 0.25) is 5.95 Å². The van der Waals surface area contributed by atoms with Crippen LogP contribution in [-0.2, 0) is 0 Å². The minimum atomic E-state index is 0.563. The van der Waals surface area contributed by atoms with Gasteiger partial charge in [0, 0.05) is 18.8 Å². The maximum Gasteiger partial charge on any atom is 0.224 e. The third-order valence-electron chi connectivity index (χ3n) is 3.63. The quantitative estimate of drug-likeness (QED) is 0.839. The highest BCUT2D eigenvalue weighted by molar-refractivity contribution is 5.40. The Kier molecular flexibility index (Phi) is 4.79. The van der Waals surface area contributed by atoms with Crippen LogP contribution in [0.25, 0.3) is 0 Å². The molecule has 0 spiro atoms. The Morgan fingerprint density at radius 3 is 2.94 bits per heavy atom. The first-order valence-corrected chi connectivity index (χ1v) is 7.13. The molecule has 2 rings (SSSR count). The first-order valence-electron chi connectivity index (χ1n) is 7.13. The fourth-order valence-corrected chi connectivity index (χ4v) is 2.48. The third kappa shape index (κ3) is 3.59. The van der Waals surface area contributed by atoms with Crippen molar-refractivity contribution in [2.24, 2.45) is 5.92 Å². The number of aromatic nitrogens is 2. The van der Waals surface area contributed by atoms with Gasteiger partial charge in [0.15, 0.2) is 0 Å². The summed E-state index contributed by atoms with van der Waals surface area (Å²) < 4.78 is 0. The lowest BCUT2D eigenvalue weighted by Crippen LogP contribution is -2.30. The highest BCUT2D eigenvalue weighted by Crippen LogP contribution is 2.26. The van der Waals surface area contributed by atoms with Gasteiger partial charge in [-0.3, -0.25) is 0 Å². The summed E-state index contributed by atoms with van der Waals surface area (Å²) in [4.78, 5) is 8.73. The fraction of sp³-hybridized carbons (Fsp3) is 0.714. The highest BCUT2D eigenvalue weighted by Gasteiger charge is 2.21. The zero-order valence-electron chi connectivity index (χ0n) is 11.4. The van der Waals surface area contributed by atoms with E-state index in [1.807, 2.05) is 12.3 Å². The number of hydrogen-bond donors (Lipinski definition) is 2. The van der Waals surface area contributed by atoms with Gasteiger partial charge in [-0.15, -0.1) is 0 Å². The van der Waals surface area contributed by atoms with Gasteiger partial charge >= 0.3 is 0 Å². The number of anilines is 2. The van der Waals surface area contributed by atoms with Crippen LogP contribution in [0.1, 0.15) is 46.0 Å². The second kappa shape index (κ2) is 6.57. The standard InChI is InChI=1S/C14H24N4/c1-3-9-15-14-16-10-8-13(18-14)17-12-7-5-4-6-11(12)2/h8,10-12H,3-7,9H2,1-2H3,(H2,15,16,17,18). The number of nitrogens with one attached hydrogen (secondary N) is 2. The fourth-order valence-electron chi connectivity index (χ4n) is 2.48. The van der Waals surface area contributed by atoms with Gasteiger partial charge in [0.1, 0.15) is 5.82 Å². The molecule has 2 atom stereocenters. The van der Waals surface area contributed by atoms with Crippen molar-refractivity contribution in [1.29, 1.82) is 0 Å². The molecule has 1 heterocycles. The summed E-state index contributed by atoms with van der Waals surface area (Å²) >= 11 is 0. The van der Waals surface area contributed by atoms with Gasteiger partial charge < -0.3 is 10.6 Å². The molecule has 1 aliphatic rings. The molecule has 1 aromatic heterocycles. The number of nitrogens with zero attached hydrogens (tertiary/aromatic N) is 2. The largest absolute Gasteiger partial charge is 0.367 e.